The van der Waals surface area contributed by atoms with E-state index in [0.29, 0.717) is 0 Å². The third-order valence-corrected chi connectivity index (χ3v) is 2.09. The molecule has 74 valence electrons. The van der Waals surface area contributed by atoms with E-state index in [1.165, 1.54) is 0 Å². The molecule has 12 heavy (non-hydrogen) atoms. The fourth-order valence-electron chi connectivity index (χ4n) is 0.638. The maximum atomic E-state index is 9.08. The molecule has 4 atom stereocenters. The van der Waals surface area contributed by atoms with Crippen molar-refractivity contribution in [3.05, 3.63) is 0 Å². The highest BCUT2D eigenvalue weighted by atomic mass is 35.5. The van der Waals surface area contributed by atoms with Gasteiger partial charge in [-0.05, 0) is 0 Å². The van der Waals surface area contributed by atoms with Gasteiger partial charge in [-0.15, -0.1) is 23.2 Å². The van der Waals surface area contributed by atoms with Crippen LogP contribution in [0.2, 0.25) is 0 Å². The van der Waals surface area contributed by atoms with Crippen LogP contribution in [-0.4, -0.2) is 56.6 Å². The lowest BCUT2D eigenvalue weighted by atomic mass is 10.1. The highest BCUT2D eigenvalue weighted by molar-refractivity contribution is 6.18. The molecule has 0 heterocycles. The van der Waals surface area contributed by atoms with Gasteiger partial charge in [-0.2, -0.15) is 0 Å². The summed E-state index contributed by atoms with van der Waals surface area (Å²) in [5, 5.41) is 36.1. The average molecular weight is 219 g/mol. The molecular weight excluding hydrogens is 207 g/mol. The standard InChI is InChI=1S/C6H12Cl2O4/c7-1-3(9)5(11)6(12)4(10)2-8/h3-6,9-12H,1-2H2/t3-,4+,5-,6-/m1/s1. The summed E-state index contributed by atoms with van der Waals surface area (Å²) in [4.78, 5) is 0. The van der Waals surface area contributed by atoms with Gasteiger partial charge in [0.1, 0.15) is 12.2 Å². The van der Waals surface area contributed by atoms with E-state index < -0.39 is 24.4 Å². The van der Waals surface area contributed by atoms with Gasteiger partial charge in [-0.3, -0.25) is 0 Å². The number of hydrogen-bond donors (Lipinski definition) is 4. The number of aliphatic hydroxyl groups is 4. The maximum Gasteiger partial charge on any atom is 0.109 e. The number of halogens is 2. The van der Waals surface area contributed by atoms with E-state index in [9.17, 15) is 0 Å². The van der Waals surface area contributed by atoms with Crippen molar-refractivity contribution in [2.24, 2.45) is 0 Å². The number of aliphatic hydroxyl groups excluding tert-OH is 4. The van der Waals surface area contributed by atoms with Gasteiger partial charge in [0.2, 0.25) is 0 Å². The summed E-state index contributed by atoms with van der Waals surface area (Å²) in [5.41, 5.74) is 0. The van der Waals surface area contributed by atoms with Crippen LogP contribution in [0.5, 0.6) is 0 Å². The van der Waals surface area contributed by atoms with E-state index in [-0.39, 0.29) is 11.8 Å². The van der Waals surface area contributed by atoms with Crippen LogP contribution in [0.3, 0.4) is 0 Å². The molecule has 0 saturated carbocycles. The molecule has 0 aliphatic rings. The zero-order chi connectivity index (χ0) is 9.72. The fraction of sp³-hybridized carbons (Fsp3) is 1.00. The largest absolute Gasteiger partial charge is 0.389 e. The van der Waals surface area contributed by atoms with Gasteiger partial charge in [-0.1, -0.05) is 0 Å². The van der Waals surface area contributed by atoms with Crippen LogP contribution in [0, 0.1) is 0 Å². The number of rotatable bonds is 5. The smallest absolute Gasteiger partial charge is 0.109 e. The predicted octanol–water partition coefficient (Wildman–Crippen LogP) is -1.09. The fourth-order valence-corrected chi connectivity index (χ4v) is 1.00. The van der Waals surface area contributed by atoms with Crippen LogP contribution in [-0.2, 0) is 0 Å². The van der Waals surface area contributed by atoms with Gasteiger partial charge in [0, 0.05) is 0 Å². The molecule has 0 fully saturated rings. The Bertz CT molecular complexity index is 110. The molecule has 0 aliphatic carbocycles. The van der Waals surface area contributed by atoms with Crippen molar-refractivity contribution in [3.8, 4) is 0 Å². The minimum Gasteiger partial charge on any atom is -0.389 e. The molecule has 0 rings (SSSR count). The Hall–Kier alpha value is 0.420. The normalized spacial score (nSPS) is 21.5. The van der Waals surface area contributed by atoms with Crippen molar-refractivity contribution in [2.75, 3.05) is 11.8 Å². The summed E-state index contributed by atoms with van der Waals surface area (Å²) < 4.78 is 0. The third kappa shape index (κ3) is 3.43. The van der Waals surface area contributed by atoms with Gasteiger partial charge in [0.05, 0.1) is 24.0 Å². The highest BCUT2D eigenvalue weighted by Gasteiger charge is 2.29. The first-order valence-electron chi connectivity index (χ1n) is 3.38. The monoisotopic (exact) mass is 218 g/mol. The van der Waals surface area contributed by atoms with Gasteiger partial charge in [0.15, 0.2) is 0 Å². The molecule has 4 nitrogen and oxygen atoms in total. The zero-order valence-corrected chi connectivity index (χ0v) is 7.78. The Morgan fingerprint density at radius 1 is 0.750 bits per heavy atom. The van der Waals surface area contributed by atoms with Gasteiger partial charge in [-0.25, -0.2) is 0 Å². The summed E-state index contributed by atoms with van der Waals surface area (Å²) in [6.07, 6.45) is -5.48. The Morgan fingerprint density at radius 3 is 1.17 bits per heavy atom. The second-order valence-corrected chi connectivity index (χ2v) is 3.04. The van der Waals surface area contributed by atoms with Gasteiger partial charge in [0.25, 0.3) is 0 Å². The molecule has 0 aliphatic heterocycles. The predicted molar refractivity (Wildman–Crippen MR) is 45.5 cm³/mol. The van der Waals surface area contributed by atoms with Crippen molar-refractivity contribution < 1.29 is 20.4 Å². The first kappa shape index (κ1) is 12.4. The maximum absolute atomic E-state index is 9.08. The van der Waals surface area contributed by atoms with E-state index in [1.807, 2.05) is 0 Å². The Balaban J connectivity index is 3.99. The Kier molecular flexibility index (Phi) is 6.17. The molecule has 0 aromatic rings. The summed E-state index contributed by atoms with van der Waals surface area (Å²) in [6, 6.07) is 0. The summed E-state index contributed by atoms with van der Waals surface area (Å²) >= 11 is 10.4. The number of alkyl halides is 2. The van der Waals surface area contributed by atoms with Crippen LogP contribution in [0.25, 0.3) is 0 Å². The average Bonchev–Trinajstić information content (AvgIpc) is 2.12. The van der Waals surface area contributed by atoms with Crippen LogP contribution < -0.4 is 0 Å². The summed E-state index contributed by atoms with van der Waals surface area (Å²) in [7, 11) is 0. The number of hydrogen-bond acceptors (Lipinski definition) is 4. The Morgan fingerprint density at radius 2 is 1.00 bits per heavy atom. The third-order valence-electron chi connectivity index (χ3n) is 1.45. The van der Waals surface area contributed by atoms with Crippen molar-refractivity contribution >= 4 is 23.2 Å². The molecule has 0 radical (unpaired) electrons. The van der Waals surface area contributed by atoms with Crippen molar-refractivity contribution in [1.29, 1.82) is 0 Å². The van der Waals surface area contributed by atoms with Crippen LogP contribution in [0.15, 0.2) is 0 Å². The van der Waals surface area contributed by atoms with Gasteiger partial charge < -0.3 is 20.4 Å². The van der Waals surface area contributed by atoms with Crippen LogP contribution >= 0.6 is 23.2 Å². The van der Waals surface area contributed by atoms with E-state index in [2.05, 4.69) is 0 Å². The molecule has 0 spiro atoms. The van der Waals surface area contributed by atoms with E-state index in [4.69, 9.17) is 43.6 Å². The van der Waals surface area contributed by atoms with E-state index in [0.717, 1.165) is 0 Å². The molecule has 0 aromatic heterocycles. The molecule has 0 unspecified atom stereocenters. The van der Waals surface area contributed by atoms with Crippen LogP contribution in [0.1, 0.15) is 0 Å². The summed E-state index contributed by atoms with van der Waals surface area (Å²) in [5.74, 6) is -0.430. The first-order chi connectivity index (χ1) is 5.54. The second kappa shape index (κ2) is 5.96. The lowest BCUT2D eigenvalue weighted by Crippen LogP contribution is -2.45. The van der Waals surface area contributed by atoms with Gasteiger partial charge >= 0.3 is 0 Å². The minimum absolute atomic E-state index is 0.215. The molecule has 0 amide bonds. The molecular formula is C6H12Cl2O4. The molecule has 0 saturated heterocycles. The molecule has 0 aromatic carbocycles. The molecule has 4 N–H and O–H groups in total. The topological polar surface area (TPSA) is 80.9 Å². The van der Waals surface area contributed by atoms with Crippen molar-refractivity contribution in [2.45, 2.75) is 24.4 Å². The lowest BCUT2D eigenvalue weighted by molar-refractivity contribution is -0.0928. The molecule has 6 heteroatoms. The first-order valence-corrected chi connectivity index (χ1v) is 4.45. The minimum atomic E-state index is -1.48. The van der Waals surface area contributed by atoms with E-state index >= 15 is 0 Å². The summed E-state index contributed by atoms with van der Waals surface area (Å²) in [6.45, 7) is 0. The lowest BCUT2D eigenvalue weighted by Gasteiger charge is -2.24. The zero-order valence-electron chi connectivity index (χ0n) is 6.27. The Labute approximate surface area is 80.3 Å². The van der Waals surface area contributed by atoms with E-state index in [1.54, 1.807) is 0 Å². The highest BCUT2D eigenvalue weighted by Crippen LogP contribution is 2.07. The second-order valence-electron chi connectivity index (χ2n) is 2.42. The quantitative estimate of drug-likeness (QED) is 0.443. The molecule has 0 bridgehead atoms. The SMILES string of the molecule is O[C@@H]([C@H](O)[C@@H](O)CCl)[C@H](O)CCl. The van der Waals surface area contributed by atoms with Crippen LogP contribution in [0.4, 0.5) is 0 Å². The van der Waals surface area contributed by atoms with Crippen molar-refractivity contribution in [3.63, 3.8) is 0 Å². The van der Waals surface area contributed by atoms with Crippen molar-refractivity contribution in [1.82, 2.24) is 0 Å².